The molecule has 0 aromatic carbocycles. The number of hydrogen-bond donors (Lipinski definition) is 0. The van der Waals surface area contributed by atoms with E-state index in [4.69, 9.17) is 0 Å². The van der Waals surface area contributed by atoms with Crippen molar-refractivity contribution in [2.45, 2.75) is 12.3 Å². The van der Waals surface area contributed by atoms with Crippen molar-refractivity contribution in [2.75, 3.05) is 0 Å². The first kappa shape index (κ1) is 4.97. The van der Waals surface area contributed by atoms with Crippen LogP contribution >= 0.6 is 0 Å². The SMILES string of the molecule is Cn1cc(C2[CH]C2)nn1. The molecule has 1 aliphatic rings. The molecule has 9 heavy (non-hydrogen) atoms. The number of aromatic nitrogens is 3. The normalized spacial score (nSPS) is 18.3. The summed E-state index contributed by atoms with van der Waals surface area (Å²) in [4.78, 5) is 0. The monoisotopic (exact) mass is 122 g/mol. The summed E-state index contributed by atoms with van der Waals surface area (Å²) in [5.74, 6) is 0.610. The van der Waals surface area contributed by atoms with Gasteiger partial charge >= 0.3 is 0 Å². The molecule has 1 radical (unpaired) electrons. The van der Waals surface area contributed by atoms with Gasteiger partial charge in [0.2, 0.25) is 0 Å². The van der Waals surface area contributed by atoms with Crippen LogP contribution in [0, 0.1) is 6.42 Å². The molecular formula is C6H8N3. The molecule has 1 saturated carbocycles. The zero-order valence-electron chi connectivity index (χ0n) is 5.28. The smallest absolute Gasteiger partial charge is 0.0860 e. The first-order valence-corrected chi connectivity index (χ1v) is 3.06. The Hall–Kier alpha value is -0.860. The van der Waals surface area contributed by atoms with Crippen LogP contribution in [-0.2, 0) is 7.05 Å². The van der Waals surface area contributed by atoms with E-state index < -0.39 is 0 Å². The maximum atomic E-state index is 3.96. The van der Waals surface area contributed by atoms with Crippen molar-refractivity contribution in [1.29, 1.82) is 0 Å². The zero-order chi connectivity index (χ0) is 6.27. The van der Waals surface area contributed by atoms with E-state index in [-0.39, 0.29) is 0 Å². The third kappa shape index (κ3) is 0.823. The van der Waals surface area contributed by atoms with Gasteiger partial charge in [0, 0.05) is 19.2 Å². The fourth-order valence-corrected chi connectivity index (χ4v) is 0.845. The molecule has 1 aromatic heterocycles. The molecule has 3 heteroatoms. The molecule has 47 valence electrons. The van der Waals surface area contributed by atoms with E-state index in [2.05, 4.69) is 16.7 Å². The molecule has 2 rings (SSSR count). The van der Waals surface area contributed by atoms with E-state index in [0.29, 0.717) is 5.92 Å². The van der Waals surface area contributed by atoms with Crippen LogP contribution in [0.3, 0.4) is 0 Å². The second-order valence-electron chi connectivity index (χ2n) is 2.39. The minimum Gasteiger partial charge on any atom is -0.255 e. The van der Waals surface area contributed by atoms with Gasteiger partial charge in [0.15, 0.2) is 0 Å². The third-order valence-electron chi connectivity index (χ3n) is 1.47. The molecule has 1 aromatic rings. The molecule has 1 unspecified atom stereocenters. The average Bonchev–Trinajstić information content (AvgIpc) is 2.58. The van der Waals surface area contributed by atoms with E-state index in [1.807, 2.05) is 13.2 Å². The molecule has 1 atom stereocenters. The Morgan fingerprint density at radius 2 is 2.56 bits per heavy atom. The fraction of sp³-hybridized carbons (Fsp3) is 0.500. The highest BCUT2D eigenvalue weighted by Gasteiger charge is 2.26. The highest BCUT2D eigenvalue weighted by molar-refractivity contribution is 5.19. The minimum absolute atomic E-state index is 0.610. The Balaban J connectivity index is 2.28. The van der Waals surface area contributed by atoms with E-state index in [0.717, 1.165) is 5.69 Å². The lowest BCUT2D eigenvalue weighted by Gasteiger charge is -1.80. The minimum atomic E-state index is 0.610. The summed E-state index contributed by atoms with van der Waals surface area (Å²) in [6, 6.07) is 0. The average molecular weight is 122 g/mol. The van der Waals surface area contributed by atoms with Crippen molar-refractivity contribution < 1.29 is 0 Å². The second-order valence-corrected chi connectivity index (χ2v) is 2.39. The van der Waals surface area contributed by atoms with E-state index >= 15 is 0 Å². The van der Waals surface area contributed by atoms with Gasteiger partial charge in [-0.15, -0.1) is 5.10 Å². The van der Waals surface area contributed by atoms with Crippen LogP contribution < -0.4 is 0 Å². The quantitative estimate of drug-likeness (QED) is 0.543. The van der Waals surface area contributed by atoms with Crippen molar-refractivity contribution in [1.82, 2.24) is 15.0 Å². The Kier molecular flexibility index (Phi) is 0.860. The van der Waals surface area contributed by atoms with E-state index in [1.54, 1.807) is 4.68 Å². The van der Waals surface area contributed by atoms with Crippen LogP contribution in [0.1, 0.15) is 18.0 Å². The standard InChI is InChI=1S/C6H8N3/c1-9-4-6(7-8-9)5-2-3-5/h2,4-5H,3H2,1H3. The van der Waals surface area contributed by atoms with Crippen LogP contribution in [0.15, 0.2) is 6.20 Å². The van der Waals surface area contributed by atoms with Gasteiger partial charge in [0.1, 0.15) is 0 Å². The first-order valence-electron chi connectivity index (χ1n) is 3.06. The third-order valence-corrected chi connectivity index (χ3v) is 1.47. The molecule has 1 heterocycles. The van der Waals surface area contributed by atoms with Crippen molar-refractivity contribution >= 4 is 0 Å². The maximum absolute atomic E-state index is 3.96. The lowest BCUT2D eigenvalue weighted by molar-refractivity contribution is 0.713. The molecule has 1 aliphatic carbocycles. The van der Waals surface area contributed by atoms with Gasteiger partial charge in [0.25, 0.3) is 0 Å². The van der Waals surface area contributed by atoms with Gasteiger partial charge in [0.05, 0.1) is 5.69 Å². The lowest BCUT2D eigenvalue weighted by atomic mass is 10.3. The molecule has 0 saturated heterocycles. The van der Waals surface area contributed by atoms with Gasteiger partial charge in [-0.05, 0) is 12.8 Å². The Morgan fingerprint density at radius 1 is 1.78 bits per heavy atom. The van der Waals surface area contributed by atoms with Crippen LogP contribution in [-0.4, -0.2) is 15.0 Å². The highest BCUT2D eigenvalue weighted by Crippen LogP contribution is 2.36. The predicted molar refractivity (Wildman–Crippen MR) is 32.7 cm³/mol. The summed E-state index contributed by atoms with van der Waals surface area (Å²) in [6.45, 7) is 0. The fourth-order valence-electron chi connectivity index (χ4n) is 0.845. The van der Waals surface area contributed by atoms with Crippen LogP contribution in [0.4, 0.5) is 0 Å². The lowest BCUT2D eigenvalue weighted by Crippen LogP contribution is -1.85. The van der Waals surface area contributed by atoms with Crippen molar-refractivity contribution in [3.05, 3.63) is 18.3 Å². The molecule has 0 bridgehead atoms. The zero-order valence-corrected chi connectivity index (χ0v) is 5.28. The number of rotatable bonds is 1. The van der Waals surface area contributed by atoms with Gasteiger partial charge in [-0.3, -0.25) is 4.68 Å². The Bertz CT molecular complexity index is 212. The number of hydrogen-bond acceptors (Lipinski definition) is 2. The largest absolute Gasteiger partial charge is 0.255 e. The summed E-state index contributed by atoms with van der Waals surface area (Å²) < 4.78 is 1.74. The second kappa shape index (κ2) is 1.56. The predicted octanol–water partition coefficient (Wildman–Crippen LogP) is 0.507. The van der Waals surface area contributed by atoms with Crippen LogP contribution in [0.2, 0.25) is 0 Å². The van der Waals surface area contributed by atoms with Crippen LogP contribution in [0.25, 0.3) is 0 Å². The van der Waals surface area contributed by atoms with Gasteiger partial charge in [-0.25, -0.2) is 0 Å². The van der Waals surface area contributed by atoms with E-state index in [1.165, 1.54) is 6.42 Å². The molecule has 0 aliphatic heterocycles. The molecule has 0 amide bonds. The molecule has 1 fully saturated rings. The summed E-state index contributed by atoms with van der Waals surface area (Å²) in [6.07, 6.45) is 5.37. The van der Waals surface area contributed by atoms with Crippen LogP contribution in [0.5, 0.6) is 0 Å². The maximum Gasteiger partial charge on any atom is 0.0860 e. The number of aryl methyl sites for hydroxylation is 1. The molecular weight excluding hydrogens is 114 g/mol. The molecule has 3 nitrogen and oxygen atoms in total. The summed E-state index contributed by atoms with van der Waals surface area (Å²) in [7, 11) is 1.89. The molecule has 0 N–H and O–H groups in total. The Labute approximate surface area is 53.7 Å². The number of nitrogens with zero attached hydrogens (tertiary/aromatic N) is 3. The van der Waals surface area contributed by atoms with Gasteiger partial charge in [-0.2, -0.15) is 0 Å². The van der Waals surface area contributed by atoms with Crippen molar-refractivity contribution in [3.8, 4) is 0 Å². The summed E-state index contributed by atoms with van der Waals surface area (Å²) in [5, 5.41) is 7.78. The highest BCUT2D eigenvalue weighted by atomic mass is 15.4. The molecule has 0 spiro atoms. The van der Waals surface area contributed by atoms with Crippen molar-refractivity contribution in [3.63, 3.8) is 0 Å². The first-order chi connectivity index (χ1) is 4.36. The van der Waals surface area contributed by atoms with Gasteiger partial charge in [-0.1, -0.05) is 5.21 Å². The van der Waals surface area contributed by atoms with Gasteiger partial charge < -0.3 is 0 Å². The Morgan fingerprint density at radius 3 is 3.00 bits per heavy atom. The summed E-state index contributed by atoms with van der Waals surface area (Å²) in [5.41, 5.74) is 1.11. The van der Waals surface area contributed by atoms with E-state index in [9.17, 15) is 0 Å². The topological polar surface area (TPSA) is 30.7 Å². The summed E-state index contributed by atoms with van der Waals surface area (Å²) >= 11 is 0. The van der Waals surface area contributed by atoms with Crippen molar-refractivity contribution in [2.24, 2.45) is 7.05 Å².